The predicted molar refractivity (Wildman–Crippen MR) is 122 cm³/mol. The molecule has 2 aromatic carbocycles. The number of aryl methyl sites for hydroxylation is 1. The van der Waals surface area contributed by atoms with E-state index in [0.29, 0.717) is 17.0 Å². The zero-order chi connectivity index (χ0) is 21.2. The average Bonchev–Trinajstić information content (AvgIpc) is 3.34. The van der Waals surface area contributed by atoms with Crippen molar-refractivity contribution in [2.24, 2.45) is 0 Å². The Morgan fingerprint density at radius 1 is 1.03 bits per heavy atom. The van der Waals surface area contributed by atoms with Crippen molar-refractivity contribution < 1.29 is 13.9 Å². The van der Waals surface area contributed by atoms with Crippen LogP contribution in [0.15, 0.2) is 71.3 Å². The number of benzene rings is 2. The van der Waals surface area contributed by atoms with Gasteiger partial charge >= 0.3 is 0 Å². The normalized spacial score (nSPS) is 14.0. The van der Waals surface area contributed by atoms with E-state index in [4.69, 9.17) is 9.15 Å². The molecule has 1 saturated heterocycles. The number of hydrogen-bond acceptors (Lipinski definition) is 5. The summed E-state index contributed by atoms with van der Waals surface area (Å²) in [6, 6.07) is 19.3. The minimum atomic E-state index is -0.176. The number of fused-ring (bicyclic) bond motifs is 1. The van der Waals surface area contributed by atoms with Crippen LogP contribution in [0.4, 0.5) is 11.4 Å². The van der Waals surface area contributed by atoms with Crippen molar-refractivity contribution >= 4 is 28.2 Å². The fourth-order valence-electron chi connectivity index (χ4n) is 3.85. The number of morpholine rings is 1. The highest BCUT2D eigenvalue weighted by Crippen LogP contribution is 2.27. The van der Waals surface area contributed by atoms with E-state index < -0.39 is 0 Å². The number of aromatic nitrogens is 1. The predicted octanol–water partition coefficient (Wildman–Crippen LogP) is 4.89. The van der Waals surface area contributed by atoms with Gasteiger partial charge in [-0.05, 0) is 61.5 Å². The summed E-state index contributed by atoms with van der Waals surface area (Å²) in [5.41, 5.74) is 4.91. The molecule has 0 atom stereocenters. The lowest BCUT2D eigenvalue weighted by molar-refractivity contribution is 0.102. The molecule has 0 radical (unpaired) electrons. The summed E-state index contributed by atoms with van der Waals surface area (Å²) >= 11 is 0. The van der Waals surface area contributed by atoms with Crippen molar-refractivity contribution in [2.45, 2.75) is 6.92 Å². The first-order chi connectivity index (χ1) is 15.2. The Labute approximate surface area is 180 Å². The number of ether oxygens (including phenoxy) is 1. The third kappa shape index (κ3) is 4.02. The van der Waals surface area contributed by atoms with Gasteiger partial charge in [0.2, 0.25) is 0 Å². The van der Waals surface area contributed by atoms with Gasteiger partial charge in [-0.25, -0.2) is 4.98 Å². The molecule has 3 heterocycles. The number of anilines is 2. The number of carbonyl (C=O) groups excluding carboxylic acids is 1. The maximum Gasteiger partial charge on any atom is 0.256 e. The molecule has 4 aromatic rings. The fraction of sp³-hybridized carbons (Fsp3) is 0.200. The topological polar surface area (TPSA) is 67.6 Å². The molecule has 2 aromatic heterocycles. The number of nitrogens with one attached hydrogen (secondary N) is 1. The highest BCUT2D eigenvalue weighted by atomic mass is 16.5. The number of hydrogen-bond donors (Lipinski definition) is 1. The van der Waals surface area contributed by atoms with Crippen LogP contribution in [0.3, 0.4) is 0 Å². The van der Waals surface area contributed by atoms with E-state index in [2.05, 4.69) is 15.2 Å². The van der Waals surface area contributed by atoms with Crippen LogP contribution in [-0.2, 0) is 4.74 Å². The second-order valence-corrected chi connectivity index (χ2v) is 7.65. The number of rotatable bonds is 4. The number of carbonyl (C=O) groups is 1. The molecule has 0 aliphatic carbocycles. The van der Waals surface area contributed by atoms with E-state index in [1.54, 1.807) is 12.3 Å². The van der Waals surface area contributed by atoms with Crippen molar-refractivity contribution in [3.05, 3.63) is 78.1 Å². The lowest BCUT2D eigenvalue weighted by atomic mass is 10.0. The van der Waals surface area contributed by atoms with E-state index in [1.807, 2.05) is 61.5 Å². The maximum atomic E-state index is 13.3. The molecule has 0 unspecified atom stereocenters. The van der Waals surface area contributed by atoms with E-state index in [1.165, 1.54) is 0 Å². The van der Waals surface area contributed by atoms with Crippen molar-refractivity contribution in [3.63, 3.8) is 0 Å². The summed E-state index contributed by atoms with van der Waals surface area (Å²) in [7, 11) is 0. The third-order valence-corrected chi connectivity index (χ3v) is 5.48. The summed E-state index contributed by atoms with van der Waals surface area (Å²) in [6.07, 6.45) is 1.60. The molecule has 6 nitrogen and oxygen atoms in total. The lowest BCUT2D eigenvalue weighted by Crippen LogP contribution is -2.36. The maximum absolute atomic E-state index is 13.3. The average molecular weight is 413 g/mol. The molecule has 1 aliphatic rings. The smallest absolute Gasteiger partial charge is 0.256 e. The van der Waals surface area contributed by atoms with Gasteiger partial charge in [-0.2, -0.15) is 0 Å². The zero-order valence-electron chi connectivity index (χ0n) is 17.3. The molecule has 6 heteroatoms. The molecule has 5 rings (SSSR count). The van der Waals surface area contributed by atoms with Crippen LogP contribution in [0.25, 0.3) is 22.4 Å². The van der Waals surface area contributed by atoms with Crippen LogP contribution in [-0.4, -0.2) is 37.2 Å². The van der Waals surface area contributed by atoms with Crippen molar-refractivity contribution in [1.82, 2.24) is 4.98 Å². The first-order valence-corrected chi connectivity index (χ1v) is 10.4. The molecule has 31 heavy (non-hydrogen) atoms. The molecule has 1 fully saturated rings. The van der Waals surface area contributed by atoms with Crippen LogP contribution >= 0.6 is 0 Å². The van der Waals surface area contributed by atoms with Gasteiger partial charge < -0.3 is 19.4 Å². The number of amides is 1. The number of furan rings is 1. The Balaban J connectivity index is 1.45. The second-order valence-electron chi connectivity index (χ2n) is 7.65. The Morgan fingerprint density at radius 2 is 1.84 bits per heavy atom. The number of nitrogens with zero attached hydrogens (tertiary/aromatic N) is 2. The molecular formula is C25H23N3O3. The third-order valence-electron chi connectivity index (χ3n) is 5.48. The Kier molecular flexibility index (Phi) is 5.14. The summed E-state index contributed by atoms with van der Waals surface area (Å²) in [4.78, 5) is 20.2. The first-order valence-electron chi connectivity index (χ1n) is 10.4. The Morgan fingerprint density at radius 3 is 2.58 bits per heavy atom. The summed E-state index contributed by atoms with van der Waals surface area (Å²) in [5.74, 6) is 0.455. The van der Waals surface area contributed by atoms with Gasteiger partial charge in [-0.1, -0.05) is 11.6 Å². The highest BCUT2D eigenvalue weighted by Gasteiger charge is 2.16. The number of pyridine rings is 1. The standard InChI is InChI=1S/C25H23N3O3/c1-17-4-9-22-20(15-17)21(16-23(27-22)24-3-2-12-31-24)25(29)26-18-5-7-19(8-6-18)28-10-13-30-14-11-28/h2-9,12,15-16H,10-11,13-14H2,1H3,(H,26,29). The SMILES string of the molecule is Cc1ccc2nc(-c3ccco3)cc(C(=O)Nc3ccc(N4CCOCC4)cc3)c2c1. The van der Waals surface area contributed by atoms with Gasteiger partial charge in [-0.3, -0.25) is 4.79 Å². The molecule has 0 bridgehead atoms. The van der Waals surface area contributed by atoms with Crippen LogP contribution in [0.2, 0.25) is 0 Å². The summed E-state index contributed by atoms with van der Waals surface area (Å²) in [5, 5.41) is 3.85. The Bertz CT molecular complexity index is 1210. The molecule has 1 N–H and O–H groups in total. The van der Waals surface area contributed by atoms with Crippen LogP contribution in [0.5, 0.6) is 0 Å². The van der Waals surface area contributed by atoms with E-state index in [-0.39, 0.29) is 5.91 Å². The highest BCUT2D eigenvalue weighted by molar-refractivity contribution is 6.13. The monoisotopic (exact) mass is 413 g/mol. The van der Waals surface area contributed by atoms with Gasteiger partial charge in [0.25, 0.3) is 5.91 Å². The fourth-order valence-corrected chi connectivity index (χ4v) is 3.85. The second kappa shape index (κ2) is 8.24. The van der Waals surface area contributed by atoms with E-state index in [9.17, 15) is 4.79 Å². The van der Waals surface area contributed by atoms with Crippen LogP contribution in [0, 0.1) is 6.92 Å². The molecule has 1 amide bonds. The Hall–Kier alpha value is -3.64. The molecular weight excluding hydrogens is 390 g/mol. The van der Waals surface area contributed by atoms with Gasteiger partial charge in [0.15, 0.2) is 5.76 Å². The van der Waals surface area contributed by atoms with Crippen molar-refractivity contribution in [1.29, 1.82) is 0 Å². The van der Waals surface area contributed by atoms with Crippen molar-refractivity contribution in [3.8, 4) is 11.5 Å². The molecule has 156 valence electrons. The quantitative estimate of drug-likeness (QED) is 0.516. The van der Waals surface area contributed by atoms with E-state index in [0.717, 1.165) is 54.1 Å². The van der Waals surface area contributed by atoms with Gasteiger partial charge in [0, 0.05) is 29.9 Å². The summed E-state index contributed by atoms with van der Waals surface area (Å²) in [6.45, 7) is 5.25. The summed E-state index contributed by atoms with van der Waals surface area (Å²) < 4.78 is 10.9. The van der Waals surface area contributed by atoms with E-state index >= 15 is 0 Å². The molecule has 0 saturated carbocycles. The molecule has 1 aliphatic heterocycles. The van der Waals surface area contributed by atoms with Gasteiger partial charge in [-0.15, -0.1) is 0 Å². The first kappa shape index (κ1) is 19.3. The van der Waals surface area contributed by atoms with Crippen LogP contribution in [0.1, 0.15) is 15.9 Å². The minimum absolute atomic E-state index is 0.176. The zero-order valence-corrected chi connectivity index (χ0v) is 17.3. The van der Waals surface area contributed by atoms with Crippen molar-refractivity contribution in [2.75, 3.05) is 36.5 Å². The minimum Gasteiger partial charge on any atom is -0.463 e. The molecule has 0 spiro atoms. The largest absolute Gasteiger partial charge is 0.463 e. The van der Waals surface area contributed by atoms with Gasteiger partial charge in [0.1, 0.15) is 5.69 Å². The van der Waals surface area contributed by atoms with Crippen LogP contribution < -0.4 is 10.2 Å². The lowest BCUT2D eigenvalue weighted by Gasteiger charge is -2.28. The van der Waals surface area contributed by atoms with Gasteiger partial charge in [0.05, 0.1) is 30.6 Å².